The molecule has 10 heteroatoms. The SMILES string of the molecule is COc1cccc(C(=O)NCC(=O)N[C@@H](CC(C)C)C(=O)O)c1OC(F)F. The van der Waals surface area contributed by atoms with Crippen molar-refractivity contribution in [2.24, 2.45) is 5.92 Å². The Morgan fingerprint density at radius 1 is 1.22 bits per heavy atom. The molecule has 0 spiro atoms. The first kappa shape index (κ1) is 22.1. The molecule has 1 rings (SSSR count). The molecule has 8 nitrogen and oxygen atoms in total. The van der Waals surface area contributed by atoms with Crippen molar-refractivity contribution in [2.75, 3.05) is 13.7 Å². The van der Waals surface area contributed by atoms with E-state index in [-0.39, 0.29) is 23.7 Å². The molecule has 1 aromatic rings. The number of rotatable bonds is 10. The van der Waals surface area contributed by atoms with Gasteiger partial charge < -0.3 is 25.2 Å². The van der Waals surface area contributed by atoms with Crippen molar-refractivity contribution in [1.82, 2.24) is 10.6 Å². The molecule has 0 aliphatic heterocycles. The van der Waals surface area contributed by atoms with Crippen LogP contribution in [0.4, 0.5) is 8.78 Å². The van der Waals surface area contributed by atoms with E-state index in [9.17, 15) is 23.2 Å². The van der Waals surface area contributed by atoms with E-state index in [0.717, 1.165) is 0 Å². The predicted molar refractivity (Wildman–Crippen MR) is 91.0 cm³/mol. The number of para-hydroxylation sites is 1. The summed E-state index contributed by atoms with van der Waals surface area (Å²) in [7, 11) is 1.23. The van der Waals surface area contributed by atoms with Crippen molar-refractivity contribution in [3.63, 3.8) is 0 Å². The lowest BCUT2D eigenvalue weighted by Gasteiger charge is -2.17. The number of methoxy groups -OCH3 is 1. The number of carboxylic acid groups (broad SMARTS) is 1. The number of alkyl halides is 2. The highest BCUT2D eigenvalue weighted by Gasteiger charge is 2.23. The fraction of sp³-hybridized carbons (Fsp3) is 0.471. The summed E-state index contributed by atoms with van der Waals surface area (Å²) in [6.07, 6.45) is 0.220. The van der Waals surface area contributed by atoms with Crippen molar-refractivity contribution in [3.05, 3.63) is 23.8 Å². The van der Waals surface area contributed by atoms with Gasteiger partial charge in [-0.3, -0.25) is 9.59 Å². The number of carbonyl (C=O) groups excluding carboxylic acids is 2. The first-order valence-electron chi connectivity index (χ1n) is 8.07. The van der Waals surface area contributed by atoms with Crippen LogP contribution in [0.15, 0.2) is 18.2 Å². The van der Waals surface area contributed by atoms with Crippen LogP contribution in [0.2, 0.25) is 0 Å². The number of amides is 2. The number of nitrogens with one attached hydrogen (secondary N) is 2. The zero-order chi connectivity index (χ0) is 20.6. The summed E-state index contributed by atoms with van der Waals surface area (Å²) in [5.41, 5.74) is -0.251. The minimum Gasteiger partial charge on any atom is -0.493 e. The largest absolute Gasteiger partial charge is 0.493 e. The number of aliphatic carboxylic acids is 1. The summed E-state index contributed by atoms with van der Waals surface area (Å²) in [4.78, 5) is 35.3. The fourth-order valence-corrected chi connectivity index (χ4v) is 2.26. The minimum absolute atomic E-state index is 0.0341. The molecule has 0 radical (unpaired) electrons. The zero-order valence-electron chi connectivity index (χ0n) is 15.1. The summed E-state index contributed by atoms with van der Waals surface area (Å²) in [6.45, 7) is -0.107. The molecule has 27 heavy (non-hydrogen) atoms. The van der Waals surface area contributed by atoms with E-state index in [0.29, 0.717) is 0 Å². The van der Waals surface area contributed by atoms with Crippen LogP contribution < -0.4 is 20.1 Å². The molecule has 0 aliphatic carbocycles. The van der Waals surface area contributed by atoms with Gasteiger partial charge in [0, 0.05) is 0 Å². The number of carboxylic acids is 1. The lowest BCUT2D eigenvalue weighted by atomic mass is 10.0. The van der Waals surface area contributed by atoms with E-state index in [4.69, 9.17) is 9.84 Å². The van der Waals surface area contributed by atoms with Crippen LogP contribution in [0.1, 0.15) is 30.6 Å². The number of carbonyl (C=O) groups is 3. The Bertz CT molecular complexity index is 681. The van der Waals surface area contributed by atoms with Crippen LogP contribution in [-0.2, 0) is 9.59 Å². The highest BCUT2D eigenvalue weighted by Crippen LogP contribution is 2.32. The minimum atomic E-state index is -3.18. The van der Waals surface area contributed by atoms with Crippen molar-refractivity contribution in [2.45, 2.75) is 32.9 Å². The number of ether oxygens (including phenoxy) is 2. The molecular formula is C17H22F2N2O6. The first-order chi connectivity index (χ1) is 12.6. The van der Waals surface area contributed by atoms with Crippen LogP contribution in [0, 0.1) is 5.92 Å². The Morgan fingerprint density at radius 2 is 1.89 bits per heavy atom. The zero-order valence-corrected chi connectivity index (χ0v) is 15.1. The van der Waals surface area contributed by atoms with Crippen LogP contribution in [0.5, 0.6) is 11.5 Å². The third-order valence-corrected chi connectivity index (χ3v) is 3.40. The first-order valence-corrected chi connectivity index (χ1v) is 8.07. The topological polar surface area (TPSA) is 114 Å². The Labute approximate surface area is 154 Å². The third-order valence-electron chi connectivity index (χ3n) is 3.40. The molecule has 150 valence electrons. The van der Waals surface area contributed by atoms with Gasteiger partial charge in [0.05, 0.1) is 19.2 Å². The molecule has 0 aliphatic rings. The second-order valence-corrected chi connectivity index (χ2v) is 5.99. The van der Waals surface area contributed by atoms with Gasteiger partial charge >= 0.3 is 12.6 Å². The average Bonchev–Trinajstić information content (AvgIpc) is 2.58. The van der Waals surface area contributed by atoms with Gasteiger partial charge in [-0.1, -0.05) is 19.9 Å². The lowest BCUT2D eigenvalue weighted by molar-refractivity contribution is -0.142. The maximum atomic E-state index is 12.6. The second-order valence-electron chi connectivity index (χ2n) is 5.99. The van der Waals surface area contributed by atoms with E-state index in [1.54, 1.807) is 13.8 Å². The fourth-order valence-electron chi connectivity index (χ4n) is 2.26. The van der Waals surface area contributed by atoms with E-state index in [2.05, 4.69) is 15.4 Å². The molecule has 1 atom stereocenters. The van der Waals surface area contributed by atoms with Gasteiger partial charge in [-0.2, -0.15) is 8.78 Å². The summed E-state index contributed by atoms with van der Waals surface area (Å²) >= 11 is 0. The Morgan fingerprint density at radius 3 is 2.41 bits per heavy atom. The molecule has 1 aromatic carbocycles. The maximum absolute atomic E-state index is 12.6. The van der Waals surface area contributed by atoms with Gasteiger partial charge in [-0.25, -0.2) is 4.79 Å². The smallest absolute Gasteiger partial charge is 0.387 e. The number of hydrogen-bond acceptors (Lipinski definition) is 5. The highest BCUT2D eigenvalue weighted by molar-refractivity contribution is 5.99. The molecule has 2 amide bonds. The molecule has 0 saturated carbocycles. The Kier molecular flexibility index (Phi) is 8.43. The van der Waals surface area contributed by atoms with Crippen LogP contribution in [0.25, 0.3) is 0 Å². The van der Waals surface area contributed by atoms with Gasteiger partial charge in [-0.05, 0) is 24.5 Å². The Balaban J connectivity index is 2.79. The van der Waals surface area contributed by atoms with E-state index in [1.807, 2.05) is 0 Å². The molecular weight excluding hydrogens is 366 g/mol. The molecule has 0 heterocycles. The van der Waals surface area contributed by atoms with E-state index in [1.165, 1.54) is 25.3 Å². The van der Waals surface area contributed by atoms with Gasteiger partial charge in [-0.15, -0.1) is 0 Å². The molecule has 0 aromatic heterocycles. The number of halogens is 2. The second kappa shape index (κ2) is 10.3. The standard InChI is InChI=1S/C17H22F2N2O6/c1-9(2)7-11(16(24)25)21-13(22)8-20-15(23)10-5-4-6-12(26-3)14(10)27-17(18)19/h4-6,9,11,17H,7-8H2,1-3H3,(H,20,23)(H,21,22)(H,24,25)/t11-/m0/s1. The van der Waals surface area contributed by atoms with Crippen molar-refractivity contribution in [3.8, 4) is 11.5 Å². The average molecular weight is 388 g/mol. The van der Waals surface area contributed by atoms with Crippen LogP contribution >= 0.6 is 0 Å². The van der Waals surface area contributed by atoms with Gasteiger partial charge in [0.25, 0.3) is 5.91 Å². The summed E-state index contributed by atoms with van der Waals surface area (Å²) in [5.74, 6) is -3.27. The highest BCUT2D eigenvalue weighted by atomic mass is 19.3. The van der Waals surface area contributed by atoms with Crippen LogP contribution in [0.3, 0.4) is 0 Å². The number of hydrogen-bond donors (Lipinski definition) is 3. The summed E-state index contributed by atoms with van der Waals surface area (Å²) in [6, 6.07) is 2.87. The van der Waals surface area contributed by atoms with Gasteiger partial charge in [0.1, 0.15) is 6.04 Å². The summed E-state index contributed by atoms with van der Waals surface area (Å²) < 4.78 is 34.4. The number of benzene rings is 1. The molecule has 0 unspecified atom stereocenters. The summed E-state index contributed by atoms with van der Waals surface area (Å²) in [5, 5.41) is 13.6. The lowest BCUT2D eigenvalue weighted by Crippen LogP contribution is -2.46. The van der Waals surface area contributed by atoms with Crippen molar-refractivity contribution >= 4 is 17.8 Å². The van der Waals surface area contributed by atoms with Crippen molar-refractivity contribution in [1.29, 1.82) is 0 Å². The van der Waals surface area contributed by atoms with E-state index >= 15 is 0 Å². The quantitative estimate of drug-likeness (QED) is 0.562. The van der Waals surface area contributed by atoms with E-state index < -0.39 is 42.7 Å². The monoisotopic (exact) mass is 388 g/mol. The molecule has 0 bridgehead atoms. The molecule has 0 saturated heterocycles. The Hall–Kier alpha value is -2.91. The normalized spacial score (nSPS) is 11.8. The van der Waals surface area contributed by atoms with Gasteiger partial charge in [0.2, 0.25) is 5.91 Å². The predicted octanol–water partition coefficient (Wildman–Crippen LogP) is 1.64. The van der Waals surface area contributed by atoms with Crippen molar-refractivity contribution < 1.29 is 37.7 Å². The molecule has 3 N–H and O–H groups in total. The van der Waals surface area contributed by atoms with Crippen LogP contribution in [-0.4, -0.2) is 49.2 Å². The third kappa shape index (κ3) is 7.08. The molecule has 0 fully saturated rings. The van der Waals surface area contributed by atoms with Gasteiger partial charge in [0.15, 0.2) is 11.5 Å². The maximum Gasteiger partial charge on any atom is 0.387 e.